The van der Waals surface area contributed by atoms with Crippen LogP contribution in [-0.2, 0) is 26.4 Å². The molecule has 0 fully saturated rings. The Morgan fingerprint density at radius 1 is 1.09 bits per heavy atom. The number of fused-ring (bicyclic) bond motifs is 1. The third-order valence-electron chi connectivity index (χ3n) is 5.71. The molecule has 0 bridgehead atoms. The van der Waals surface area contributed by atoms with Crippen molar-refractivity contribution in [1.82, 2.24) is 19.1 Å². The van der Waals surface area contributed by atoms with Gasteiger partial charge >= 0.3 is 5.69 Å². The van der Waals surface area contributed by atoms with Crippen LogP contribution in [-0.4, -0.2) is 43.5 Å². The molecule has 2 aromatic carbocycles. The van der Waals surface area contributed by atoms with Crippen LogP contribution < -0.4 is 21.3 Å². The first-order valence-electron chi connectivity index (χ1n) is 11.3. The first-order chi connectivity index (χ1) is 16.5. The highest BCUT2D eigenvalue weighted by Gasteiger charge is 2.20. The summed E-state index contributed by atoms with van der Waals surface area (Å²) in [5.41, 5.74) is 1.73. The lowest BCUT2D eigenvalue weighted by Gasteiger charge is -2.16. The van der Waals surface area contributed by atoms with Gasteiger partial charge in [0, 0.05) is 13.6 Å². The number of imidazole rings is 1. The molecule has 0 amide bonds. The fourth-order valence-corrected chi connectivity index (χ4v) is 3.79. The Morgan fingerprint density at radius 3 is 2.53 bits per heavy atom. The molecule has 0 spiro atoms. The number of aromatic nitrogens is 4. The van der Waals surface area contributed by atoms with E-state index in [1.807, 2.05) is 54.6 Å². The number of nitrogens with zero attached hydrogens (tertiary/aromatic N) is 3. The average Bonchev–Trinajstić information content (AvgIpc) is 3.21. The van der Waals surface area contributed by atoms with E-state index in [1.54, 1.807) is 11.6 Å². The largest absolute Gasteiger partial charge is 0.491 e. The number of aromatic amines is 1. The maximum atomic E-state index is 12.6. The Balaban J connectivity index is 1.54. The van der Waals surface area contributed by atoms with Crippen molar-refractivity contribution in [1.29, 1.82) is 0 Å². The second kappa shape index (κ2) is 10.4. The van der Waals surface area contributed by atoms with Crippen molar-refractivity contribution in [2.45, 2.75) is 32.4 Å². The number of rotatable bonds is 10. The quantitative estimate of drug-likeness (QED) is 0.332. The van der Waals surface area contributed by atoms with Gasteiger partial charge in [0.25, 0.3) is 5.56 Å². The van der Waals surface area contributed by atoms with E-state index in [0.717, 1.165) is 18.4 Å². The molecule has 0 radical (unpaired) electrons. The number of hydrogen-bond acceptors (Lipinski definition) is 6. The second-order valence-electron chi connectivity index (χ2n) is 8.16. The van der Waals surface area contributed by atoms with Gasteiger partial charge in [-0.05, 0) is 36.1 Å². The molecule has 178 valence electrons. The summed E-state index contributed by atoms with van der Waals surface area (Å²) in [4.78, 5) is 31.5. The van der Waals surface area contributed by atoms with Crippen LogP contribution >= 0.6 is 0 Å². The summed E-state index contributed by atoms with van der Waals surface area (Å²) in [6, 6.07) is 17.7. The number of H-pyrrole nitrogens is 1. The zero-order valence-corrected chi connectivity index (χ0v) is 19.3. The molecular weight excluding hydrogens is 434 g/mol. The molecule has 0 aliphatic heterocycles. The number of hydrogen-bond donors (Lipinski definition) is 3. The molecule has 9 heteroatoms. The summed E-state index contributed by atoms with van der Waals surface area (Å²) < 4.78 is 8.62. The molecule has 0 unspecified atom stereocenters. The van der Waals surface area contributed by atoms with Gasteiger partial charge in [-0.3, -0.25) is 14.3 Å². The molecule has 2 heterocycles. The van der Waals surface area contributed by atoms with E-state index in [-0.39, 0.29) is 24.3 Å². The molecule has 3 N–H and O–H groups in total. The smallest absolute Gasteiger partial charge is 0.329 e. The number of nitrogens with one attached hydrogen (secondary N) is 2. The highest BCUT2D eigenvalue weighted by molar-refractivity contribution is 5.74. The molecule has 4 rings (SSSR count). The van der Waals surface area contributed by atoms with Crippen LogP contribution in [0, 0.1) is 0 Å². The molecule has 0 saturated carbocycles. The summed E-state index contributed by atoms with van der Waals surface area (Å²) in [7, 11) is 1.55. The lowest BCUT2D eigenvalue weighted by atomic mass is 10.1. The summed E-state index contributed by atoms with van der Waals surface area (Å²) >= 11 is 0. The van der Waals surface area contributed by atoms with Gasteiger partial charge in [0.1, 0.15) is 18.5 Å². The lowest BCUT2D eigenvalue weighted by molar-refractivity contribution is 0.0938. The second-order valence-corrected chi connectivity index (χ2v) is 8.16. The zero-order chi connectivity index (χ0) is 24.1. The van der Waals surface area contributed by atoms with E-state index in [0.29, 0.717) is 18.2 Å². The number of benzene rings is 2. The highest BCUT2D eigenvalue weighted by Crippen LogP contribution is 2.17. The van der Waals surface area contributed by atoms with Crippen molar-refractivity contribution in [2.75, 3.05) is 18.5 Å². The summed E-state index contributed by atoms with van der Waals surface area (Å²) in [5.74, 6) is 1.07. The van der Waals surface area contributed by atoms with E-state index in [4.69, 9.17) is 4.74 Å². The van der Waals surface area contributed by atoms with Crippen molar-refractivity contribution in [3.63, 3.8) is 0 Å². The van der Waals surface area contributed by atoms with Crippen LogP contribution in [0.2, 0.25) is 0 Å². The SMILES string of the molecule is CCc1ccc(OC[C@@H](O)Cn2c(NCCc3ccccc3)nc3c2c(=O)[nH]c(=O)n3C)cc1. The normalized spacial score (nSPS) is 12.1. The van der Waals surface area contributed by atoms with Crippen LogP contribution in [0.3, 0.4) is 0 Å². The number of aliphatic hydroxyl groups excluding tert-OH is 1. The Hall–Kier alpha value is -3.85. The lowest BCUT2D eigenvalue weighted by Crippen LogP contribution is -2.31. The number of aryl methyl sites for hydroxylation is 2. The van der Waals surface area contributed by atoms with Crippen molar-refractivity contribution in [3.05, 3.63) is 86.6 Å². The summed E-state index contributed by atoms with van der Waals surface area (Å²) in [6.07, 6.45) is 0.779. The van der Waals surface area contributed by atoms with Crippen molar-refractivity contribution >= 4 is 17.1 Å². The van der Waals surface area contributed by atoms with Crippen LogP contribution in [0.25, 0.3) is 11.2 Å². The minimum atomic E-state index is -0.908. The molecule has 0 aliphatic rings. The van der Waals surface area contributed by atoms with E-state index < -0.39 is 17.4 Å². The monoisotopic (exact) mass is 463 g/mol. The first kappa shape index (κ1) is 23.3. The van der Waals surface area contributed by atoms with Gasteiger partial charge in [-0.15, -0.1) is 0 Å². The maximum absolute atomic E-state index is 12.6. The average molecular weight is 464 g/mol. The van der Waals surface area contributed by atoms with Crippen molar-refractivity contribution < 1.29 is 9.84 Å². The molecule has 0 saturated heterocycles. The zero-order valence-electron chi connectivity index (χ0n) is 19.3. The molecule has 4 aromatic rings. The molecule has 0 aliphatic carbocycles. The Kier molecular flexibility index (Phi) is 7.12. The highest BCUT2D eigenvalue weighted by atomic mass is 16.5. The molecule has 2 aromatic heterocycles. The van der Waals surface area contributed by atoms with Gasteiger partial charge in [-0.1, -0.05) is 49.4 Å². The predicted octanol–water partition coefficient (Wildman–Crippen LogP) is 2.08. The van der Waals surface area contributed by atoms with Crippen molar-refractivity contribution in [3.8, 4) is 5.75 Å². The van der Waals surface area contributed by atoms with E-state index in [9.17, 15) is 14.7 Å². The number of anilines is 1. The van der Waals surface area contributed by atoms with Gasteiger partial charge in [0.2, 0.25) is 5.95 Å². The fourth-order valence-electron chi connectivity index (χ4n) is 3.79. The van der Waals surface area contributed by atoms with Gasteiger partial charge in [-0.2, -0.15) is 4.98 Å². The van der Waals surface area contributed by atoms with Gasteiger partial charge in [0.15, 0.2) is 11.2 Å². The van der Waals surface area contributed by atoms with Crippen LogP contribution in [0.5, 0.6) is 5.75 Å². The third kappa shape index (κ3) is 5.20. The summed E-state index contributed by atoms with van der Waals surface area (Å²) in [5, 5.41) is 14.0. The Labute approximate surface area is 196 Å². The first-order valence-corrected chi connectivity index (χ1v) is 11.3. The van der Waals surface area contributed by atoms with E-state index in [2.05, 4.69) is 22.2 Å². The van der Waals surface area contributed by atoms with Gasteiger partial charge in [0.05, 0.1) is 6.54 Å². The van der Waals surface area contributed by atoms with Crippen LogP contribution in [0.4, 0.5) is 5.95 Å². The summed E-state index contributed by atoms with van der Waals surface area (Å²) in [6.45, 7) is 2.75. The third-order valence-corrected chi connectivity index (χ3v) is 5.71. The molecule has 1 atom stereocenters. The molecular formula is C25H29N5O4. The van der Waals surface area contributed by atoms with Crippen LogP contribution in [0.15, 0.2) is 64.2 Å². The maximum Gasteiger partial charge on any atom is 0.329 e. The standard InChI is InChI=1S/C25H29N5O4/c1-3-17-9-11-20(12-10-17)34-16-19(31)15-30-21-22(29(2)25(33)28-23(21)32)27-24(30)26-14-13-18-7-5-4-6-8-18/h4-12,19,31H,3,13-16H2,1-2H3,(H,26,27)(H,28,32,33)/t19-/m0/s1. The number of aliphatic hydroxyl groups is 1. The minimum absolute atomic E-state index is 0.0399. The Morgan fingerprint density at radius 2 is 1.82 bits per heavy atom. The van der Waals surface area contributed by atoms with Crippen LogP contribution in [0.1, 0.15) is 18.1 Å². The Bertz CT molecular complexity index is 1360. The minimum Gasteiger partial charge on any atom is -0.491 e. The number of ether oxygens (including phenoxy) is 1. The molecule has 9 nitrogen and oxygen atoms in total. The van der Waals surface area contributed by atoms with Gasteiger partial charge < -0.3 is 19.7 Å². The van der Waals surface area contributed by atoms with Gasteiger partial charge in [-0.25, -0.2) is 4.79 Å². The van der Waals surface area contributed by atoms with E-state index in [1.165, 1.54) is 10.1 Å². The topological polar surface area (TPSA) is 114 Å². The van der Waals surface area contributed by atoms with Crippen molar-refractivity contribution in [2.24, 2.45) is 7.05 Å². The fraction of sp³-hybridized carbons (Fsp3) is 0.320. The van der Waals surface area contributed by atoms with E-state index >= 15 is 0 Å². The predicted molar refractivity (Wildman–Crippen MR) is 132 cm³/mol. The molecule has 34 heavy (non-hydrogen) atoms.